The van der Waals surface area contributed by atoms with Crippen LogP contribution in [0.1, 0.15) is 34.1 Å². The van der Waals surface area contributed by atoms with Crippen molar-refractivity contribution in [1.29, 1.82) is 0 Å². The molecule has 204 valence electrons. The Morgan fingerprint density at radius 2 is 1.79 bits per heavy atom. The number of carbonyl (C=O) groups excluding carboxylic acids is 2. The Kier molecular flexibility index (Phi) is 6.81. The molecule has 10 nitrogen and oxygen atoms in total. The van der Waals surface area contributed by atoms with E-state index in [2.05, 4.69) is 4.74 Å². The van der Waals surface area contributed by atoms with Gasteiger partial charge in [0.15, 0.2) is 17.3 Å². The van der Waals surface area contributed by atoms with Gasteiger partial charge < -0.3 is 23.8 Å². The average Bonchev–Trinajstić information content (AvgIpc) is 2.91. The van der Waals surface area contributed by atoms with Gasteiger partial charge >= 0.3 is 6.16 Å². The molecule has 13 heteroatoms. The summed E-state index contributed by atoms with van der Waals surface area (Å²) in [6, 6.07) is 7.51. The lowest BCUT2D eigenvalue weighted by Gasteiger charge is -2.50. The van der Waals surface area contributed by atoms with Crippen molar-refractivity contribution in [1.82, 2.24) is 9.58 Å². The average molecular weight is 545 g/mol. The summed E-state index contributed by atoms with van der Waals surface area (Å²) in [5, 5.41) is 1.68. The maximum Gasteiger partial charge on any atom is 0.510 e. The van der Waals surface area contributed by atoms with Crippen molar-refractivity contribution in [3.63, 3.8) is 0 Å². The molecular weight excluding hydrogens is 523 g/mol. The first-order chi connectivity index (χ1) is 18.7. The SMILES string of the molecule is COC(=O)OCOc1c2n(ccc1=O)N1[C@@H](c3ccc(F)cc3)c3cc(F)c(F)cc3OCC[C@@H]1N(C)C2=O. The van der Waals surface area contributed by atoms with Gasteiger partial charge in [-0.25, -0.2) is 18.0 Å². The van der Waals surface area contributed by atoms with E-state index in [4.69, 9.17) is 14.2 Å². The first-order valence-electron chi connectivity index (χ1n) is 11.7. The van der Waals surface area contributed by atoms with Crippen LogP contribution in [0, 0.1) is 17.5 Å². The zero-order chi connectivity index (χ0) is 27.8. The Morgan fingerprint density at radius 1 is 1.08 bits per heavy atom. The van der Waals surface area contributed by atoms with Crippen LogP contribution in [0.15, 0.2) is 53.5 Å². The Hall–Kier alpha value is -4.68. The van der Waals surface area contributed by atoms with Gasteiger partial charge in [0, 0.05) is 37.4 Å². The number of amides is 1. The molecule has 0 saturated heterocycles. The molecule has 39 heavy (non-hydrogen) atoms. The largest absolute Gasteiger partial charge is 0.510 e. The quantitative estimate of drug-likeness (QED) is 0.364. The van der Waals surface area contributed by atoms with Gasteiger partial charge in [-0.3, -0.25) is 19.3 Å². The van der Waals surface area contributed by atoms with Crippen molar-refractivity contribution in [2.24, 2.45) is 0 Å². The van der Waals surface area contributed by atoms with Crippen molar-refractivity contribution in [3.8, 4) is 11.5 Å². The molecule has 5 rings (SSSR count). The van der Waals surface area contributed by atoms with Crippen LogP contribution in [0.2, 0.25) is 0 Å². The Balaban J connectivity index is 1.73. The van der Waals surface area contributed by atoms with Crippen LogP contribution in [0.25, 0.3) is 0 Å². The fourth-order valence-corrected chi connectivity index (χ4v) is 4.75. The van der Waals surface area contributed by atoms with Crippen molar-refractivity contribution in [3.05, 3.63) is 93.2 Å². The van der Waals surface area contributed by atoms with Gasteiger partial charge in [0.2, 0.25) is 18.0 Å². The number of nitrogens with zero attached hydrogens (tertiary/aromatic N) is 3. The van der Waals surface area contributed by atoms with Gasteiger partial charge in [0.25, 0.3) is 5.91 Å². The summed E-state index contributed by atoms with van der Waals surface area (Å²) >= 11 is 0. The monoisotopic (exact) mass is 545 g/mol. The third-order valence-corrected chi connectivity index (χ3v) is 6.54. The minimum atomic E-state index is -1.13. The van der Waals surface area contributed by atoms with Crippen molar-refractivity contribution in [2.75, 3.05) is 32.6 Å². The molecule has 3 aromatic rings. The normalized spacial score (nSPS) is 18.1. The zero-order valence-electron chi connectivity index (χ0n) is 20.7. The van der Waals surface area contributed by atoms with Gasteiger partial charge in [-0.1, -0.05) is 12.1 Å². The van der Waals surface area contributed by atoms with E-state index in [1.165, 1.54) is 47.1 Å². The summed E-state index contributed by atoms with van der Waals surface area (Å²) in [6.45, 7) is -0.680. The third-order valence-electron chi connectivity index (χ3n) is 6.54. The standard InChI is InChI=1S/C26H22F3N3O7/c1-30-21-8-10-37-20-12-18(29)17(28)11-16(20)22(14-3-5-15(27)6-4-14)32(21)31-9-7-19(33)24(23(31)25(30)34)38-13-39-26(35)36-2/h3-7,9,11-12,21-22H,8,10,13H2,1-2H3/t21-,22+/m1/s1. The van der Waals surface area contributed by atoms with Gasteiger partial charge in [-0.05, 0) is 23.8 Å². The lowest BCUT2D eigenvalue weighted by molar-refractivity contribution is 0.0131. The van der Waals surface area contributed by atoms with Crippen molar-refractivity contribution >= 4 is 12.1 Å². The second-order valence-electron chi connectivity index (χ2n) is 8.73. The van der Waals surface area contributed by atoms with Crippen LogP contribution in [0.3, 0.4) is 0 Å². The molecular formula is C26H22F3N3O7. The van der Waals surface area contributed by atoms with E-state index in [0.29, 0.717) is 5.56 Å². The number of halogens is 3. The number of methoxy groups -OCH3 is 1. The Morgan fingerprint density at radius 3 is 2.51 bits per heavy atom. The number of hydrogen-bond donors (Lipinski definition) is 0. The molecule has 2 aliphatic heterocycles. The molecule has 0 saturated carbocycles. The summed E-state index contributed by atoms with van der Waals surface area (Å²) in [7, 11) is 2.60. The van der Waals surface area contributed by atoms with Gasteiger partial charge in [0.1, 0.15) is 23.8 Å². The molecule has 2 aromatic carbocycles. The van der Waals surface area contributed by atoms with Crippen LogP contribution in [-0.2, 0) is 9.47 Å². The highest BCUT2D eigenvalue weighted by molar-refractivity contribution is 5.96. The minimum Gasteiger partial charge on any atom is -0.493 e. The summed E-state index contributed by atoms with van der Waals surface area (Å²) in [5.74, 6) is -3.69. The van der Waals surface area contributed by atoms with Crippen LogP contribution < -0.4 is 19.9 Å². The van der Waals surface area contributed by atoms with Gasteiger partial charge in [-0.15, -0.1) is 0 Å². The summed E-state index contributed by atoms with van der Waals surface area (Å²) < 4.78 is 64.4. The number of aromatic nitrogens is 1. The number of pyridine rings is 1. The fraction of sp³-hybridized carbons (Fsp3) is 0.269. The van der Waals surface area contributed by atoms with Crippen LogP contribution in [0.4, 0.5) is 18.0 Å². The maximum atomic E-state index is 14.6. The predicted molar refractivity (Wildman–Crippen MR) is 128 cm³/mol. The Bertz CT molecular complexity index is 1500. The van der Waals surface area contributed by atoms with E-state index in [1.807, 2.05) is 0 Å². The number of rotatable bonds is 4. The lowest BCUT2D eigenvalue weighted by Crippen LogP contribution is -2.62. The van der Waals surface area contributed by atoms with E-state index in [1.54, 1.807) is 5.01 Å². The van der Waals surface area contributed by atoms with E-state index in [-0.39, 0.29) is 30.0 Å². The Labute approximate surface area is 219 Å². The number of benzene rings is 2. The van der Waals surface area contributed by atoms with E-state index in [0.717, 1.165) is 25.3 Å². The van der Waals surface area contributed by atoms with E-state index in [9.17, 15) is 27.6 Å². The highest BCUT2D eigenvalue weighted by atomic mass is 19.2. The topological polar surface area (TPSA) is 99.5 Å². The maximum absolute atomic E-state index is 14.6. The van der Waals surface area contributed by atoms with E-state index >= 15 is 0 Å². The van der Waals surface area contributed by atoms with Gasteiger partial charge in [-0.2, -0.15) is 0 Å². The van der Waals surface area contributed by atoms with Crippen molar-refractivity contribution in [2.45, 2.75) is 18.6 Å². The molecule has 0 unspecified atom stereocenters. The summed E-state index contributed by atoms with van der Waals surface area (Å²) in [5.41, 5.74) is -0.207. The van der Waals surface area contributed by atoms with Crippen LogP contribution in [0.5, 0.6) is 11.5 Å². The number of hydrogen-bond acceptors (Lipinski definition) is 8. The molecule has 0 fully saturated rings. The minimum absolute atomic E-state index is 0.0405. The molecule has 2 aliphatic rings. The molecule has 2 atom stereocenters. The smallest absolute Gasteiger partial charge is 0.493 e. The molecule has 1 amide bonds. The highest BCUT2D eigenvalue weighted by Crippen LogP contribution is 2.41. The molecule has 0 aliphatic carbocycles. The third kappa shape index (κ3) is 4.60. The second-order valence-corrected chi connectivity index (χ2v) is 8.73. The molecule has 0 bridgehead atoms. The lowest BCUT2D eigenvalue weighted by atomic mass is 9.94. The van der Waals surface area contributed by atoms with Crippen LogP contribution >= 0.6 is 0 Å². The first-order valence-corrected chi connectivity index (χ1v) is 11.7. The first kappa shape index (κ1) is 25.9. The number of fused-ring (bicyclic) bond motifs is 4. The predicted octanol–water partition coefficient (Wildman–Crippen LogP) is 3.31. The van der Waals surface area contributed by atoms with Crippen LogP contribution in [-0.4, -0.2) is 55.4 Å². The highest BCUT2D eigenvalue weighted by Gasteiger charge is 2.44. The molecule has 1 aromatic heterocycles. The van der Waals surface area contributed by atoms with E-state index < -0.39 is 59.7 Å². The number of ether oxygens (including phenoxy) is 4. The van der Waals surface area contributed by atoms with Gasteiger partial charge in [0.05, 0.1) is 13.7 Å². The molecule has 0 radical (unpaired) electrons. The summed E-state index contributed by atoms with van der Waals surface area (Å²) in [6.07, 6.45) is -0.189. The molecule has 3 heterocycles. The zero-order valence-corrected chi connectivity index (χ0v) is 20.7. The number of carbonyl (C=O) groups is 2. The summed E-state index contributed by atoms with van der Waals surface area (Å²) in [4.78, 5) is 39.1. The molecule has 0 N–H and O–H groups in total. The second kappa shape index (κ2) is 10.2. The van der Waals surface area contributed by atoms with Crippen molar-refractivity contribution < 1.29 is 41.7 Å². The molecule has 0 spiro atoms. The fourth-order valence-electron chi connectivity index (χ4n) is 4.75.